The summed E-state index contributed by atoms with van der Waals surface area (Å²) in [7, 11) is 0. The van der Waals surface area contributed by atoms with Crippen molar-refractivity contribution in [3.8, 4) is 0 Å². The van der Waals surface area contributed by atoms with Crippen LogP contribution >= 0.6 is 0 Å². The summed E-state index contributed by atoms with van der Waals surface area (Å²) >= 11 is 0. The topological polar surface area (TPSA) is 15.3 Å². The second kappa shape index (κ2) is 4.15. The molecule has 82 valence electrons. The normalized spacial score (nSPS) is 35.6. The quantitative estimate of drug-likeness (QED) is 0.741. The average molecular weight is 200 g/mol. The highest BCUT2D eigenvalue weighted by Gasteiger charge is 2.42. The molecule has 0 aromatic heterocycles. The van der Waals surface area contributed by atoms with Gasteiger partial charge in [0.15, 0.2) is 0 Å². The Morgan fingerprint density at radius 3 is 2.93 bits per heavy atom. The lowest BCUT2D eigenvalue weighted by Crippen LogP contribution is -2.51. The second-order valence-electron chi connectivity index (χ2n) is 4.94. The van der Waals surface area contributed by atoms with Crippen molar-refractivity contribution in [2.24, 2.45) is 5.92 Å². The van der Waals surface area contributed by atoms with Gasteiger partial charge in [-0.25, -0.2) is 4.39 Å². The molecule has 1 saturated carbocycles. The van der Waals surface area contributed by atoms with Crippen molar-refractivity contribution in [1.29, 1.82) is 0 Å². The molecule has 0 amide bonds. The largest absolute Gasteiger partial charge is 0.310 e. The van der Waals surface area contributed by atoms with Crippen LogP contribution < -0.4 is 5.32 Å². The van der Waals surface area contributed by atoms with Gasteiger partial charge in [-0.3, -0.25) is 4.90 Å². The van der Waals surface area contributed by atoms with Crippen molar-refractivity contribution >= 4 is 0 Å². The zero-order valence-corrected chi connectivity index (χ0v) is 9.06. The fourth-order valence-electron chi connectivity index (χ4n) is 2.58. The van der Waals surface area contributed by atoms with Crippen molar-refractivity contribution in [3.05, 3.63) is 0 Å². The molecule has 2 aliphatic rings. The Hall–Kier alpha value is -0.150. The van der Waals surface area contributed by atoms with E-state index in [0.29, 0.717) is 6.54 Å². The maximum absolute atomic E-state index is 12.3. The van der Waals surface area contributed by atoms with E-state index >= 15 is 0 Å². The van der Waals surface area contributed by atoms with Gasteiger partial charge in [-0.2, -0.15) is 0 Å². The van der Waals surface area contributed by atoms with Gasteiger partial charge in [0.1, 0.15) is 6.67 Å². The highest BCUT2D eigenvalue weighted by molar-refractivity contribution is 5.00. The smallest absolute Gasteiger partial charge is 0.102 e. The maximum atomic E-state index is 12.3. The molecule has 1 unspecified atom stereocenters. The van der Waals surface area contributed by atoms with Crippen LogP contribution in [0.2, 0.25) is 0 Å². The van der Waals surface area contributed by atoms with E-state index in [-0.39, 0.29) is 12.2 Å². The highest BCUT2D eigenvalue weighted by atomic mass is 19.1. The Balaban J connectivity index is 1.95. The number of halogens is 1. The molecule has 1 N–H and O–H groups in total. The number of rotatable bonds is 3. The zero-order valence-electron chi connectivity index (χ0n) is 9.06. The molecule has 1 saturated heterocycles. The summed E-state index contributed by atoms with van der Waals surface area (Å²) < 4.78 is 12.3. The molecule has 0 radical (unpaired) electrons. The number of nitrogens with zero attached hydrogens (tertiary/aromatic N) is 1. The fourth-order valence-corrected chi connectivity index (χ4v) is 2.58. The standard InChI is InChI=1S/C11H21FN2/c1-11(10-3-4-10)9-14(8-5-12)7-2-6-13-11/h10,13H,2-9H2,1H3. The predicted molar refractivity (Wildman–Crippen MR) is 56.2 cm³/mol. The number of alkyl halides is 1. The summed E-state index contributed by atoms with van der Waals surface area (Å²) in [6.45, 7) is 5.89. The van der Waals surface area contributed by atoms with Crippen LogP contribution in [0.25, 0.3) is 0 Å². The molecule has 0 bridgehead atoms. The first-order valence-electron chi connectivity index (χ1n) is 5.78. The summed E-state index contributed by atoms with van der Waals surface area (Å²) in [4.78, 5) is 2.28. The molecule has 0 aromatic carbocycles. The minimum absolute atomic E-state index is 0.208. The molecule has 0 aromatic rings. The lowest BCUT2D eigenvalue weighted by molar-refractivity contribution is 0.189. The third-order valence-corrected chi connectivity index (χ3v) is 3.61. The van der Waals surface area contributed by atoms with Crippen LogP contribution in [0.3, 0.4) is 0 Å². The Bertz CT molecular complexity index is 194. The molecule has 14 heavy (non-hydrogen) atoms. The van der Waals surface area contributed by atoms with Gasteiger partial charge in [0, 0.05) is 18.6 Å². The van der Waals surface area contributed by atoms with Gasteiger partial charge in [-0.15, -0.1) is 0 Å². The van der Waals surface area contributed by atoms with Crippen molar-refractivity contribution in [1.82, 2.24) is 10.2 Å². The Morgan fingerprint density at radius 1 is 1.50 bits per heavy atom. The van der Waals surface area contributed by atoms with Gasteiger partial charge >= 0.3 is 0 Å². The number of hydrogen-bond donors (Lipinski definition) is 1. The maximum Gasteiger partial charge on any atom is 0.102 e. The summed E-state index contributed by atoms with van der Waals surface area (Å²) in [5, 5.41) is 3.64. The second-order valence-corrected chi connectivity index (χ2v) is 4.94. The Morgan fingerprint density at radius 2 is 2.29 bits per heavy atom. The van der Waals surface area contributed by atoms with Gasteiger partial charge < -0.3 is 5.32 Å². The van der Waals surface area contributed by atoms with E-state index in [1.165, 1.54) is 12.8 Å². The minimum atomic E-state index is -0.208. The molecule has 0 spiro atoms. The first-order valence-corrected chi connectivity index (χ1v) is 5.78. The molecule has 1 atom stereocenters. The molecule has 1 aliphatic carbocycles. The molecule has 2 fully saturated rings. The van der Waals surface area contributed by atoms with E-state index < -0.39 is 0 Å². The zero-order chi connectivity index (χ0) is 10.0. The molecule has 3 heteroatoms. The summed E-state index contributed by atoms with van der Waals surface area (Å²) in [5.74, 6) is 0.836. The fraction of sp³-hybridized carbons (Fsp3) is 1.00. The van der Waals surface area contributed by atoms with Crippen molar-refractivity contribution < 1.29 is 4.39 Å². The van der Waals surface area contributed by atoms with Crippen molar-refractivity contribution in [3.63, 3.8) is 0 Å². The summed E-state index contributed by atoms with van der Waals surface area (Å²) in [5.41, 5.74) is 0.256. The summed E-state index contributed by atoms with van der Waals surface area (Å²) in [6, 6.07) is 0. The van der Waals surface area contributed by atoms with E-state index in [1.807, 2.05) is 0 Å². The van der Waals surface area contributed by atoms with Crippen LogP contribution in [0.5, 0.6) is 0 Å². The monoisotopic (exact) mass is 200 g/mol. The van der Waals surface area contributed by atoms with Gasteiger partial charge in [0.2, 0.25) is 0 Å². The number of hydrogen-bond acceptors (Lipinski definition) is 2. The van der Waals surface area contributed by atoms with Crippen molar-refractivity contribution in [2.75, 3.05) is 32.9 Å². The number of nitrogens with one attached hydrogen (secondary N) is 1. The van der Waals surface area contributed by atoms with E-state index in [2.05, 4.69) is 17.1 Å². The van der Waals surface area contributed by atoms with E-state index in [4.69, 9.17) is 0 Å². The molecular weight excluding hydrogens is 179 g/mol. The first-order chi connectivity index (χ1) is 6.74. The SMILES string of the molecule is CC1(C2CC2)CN(CCF)CCCN1. The van der Waals surface area contributed by atoms with E-state index in [0.717, 1.165) is 32.0 Å². The van der Waals surface area contributed by atoms with E-state index in [9.17, 15) is 4.39 Å². The van der Waals surface area contributed by atoms with Crippen LogP contribution in [-0.4, -0.2) is 43.3 Å². The minimum Gasteiger partial charge on any atom is -0.310 e. The van der Waals surface area contributed by atoms with E-state index in [1.54, 1.807) is 0 Å². The predicted octanol–water partition coefficient (Wildman–Crippen LogP) is 1.42. The van der Waals surface area contributed by atoms with Gasteiger partial charge in [0.25, 0.3) is 0 Å². The molecule has 1 aliphatic heterocycles. The third kappa shape index (κ3) is 2.26. The Kier molecular flexibility index (Phi) is 3.07. The van der Waals surface area contributed by atoms with Crippen LogP contribution in [-0.2, 0) is 0 Å². The molecule has 2 nitrogen and oxygen atoms in total. The van der Waals surface area contributed by atoms with Crippen LogP contribution in [0.1, 0.15) is 26.2 Å². The van der Waals surface area contributed by atoms with Gasteiger partial charge in [-0.05, 0) is 45.2 Å². The molecule has 1 heterocycles. The van der Waals surface area contributed by atoms with Gasteiger partial charge in [-0.1, -0.05) is 0 Å². The van der Waals surface area contributed by atoms with Crippen LogP contribution in [0.15, 0.2) is 0 Å². The van der Waals surface area contributed by atoms with Crippen molar-refractivity contribution in [2.45, 2.75) is 31.7 Å². The summed E-state index contributed by atoms with van der Waals surface area (Å²) in [6.07, 6.45) is 3.86. The highest BCUT2D eigenvalue weighted by Crippen LogP contribution is 2.40. The Labute approximate surface area is 85.9 Å². The lowest BCUT2D eigenvalue weighted by Gasteiger charge is -2.33. The van der Waals surface area contributed by atoms with Gasteiger partial charge in [0.05, 0.1) is 0 Å². The van der Waals surface area contributed by atoms with Crippen LogP contribution in [0, 0.1) is 5.92 Å². The lowest BCUT2D eigenvalue weighted by atomic mass is 9.95. The van der Waals surface area contributed by atoms with Crippen LogP contribution in [0.4, 0.5) is 4.39 Å². The average Bonchev–Trinajstić information content (AvgIpc) is 2.92. The third-order valence-electron chi connectivity index (χ3n) is 3.61. The first kappa shape index (κ1) is 10.4. The molecule has 2 rings (SSSR count). The molecular formula is C11H21FN2.